The van der Waals surface area contributed by atoms with Gasteiger partial charge in [-0.2, -0.15) is 5.10 Å². The number of hydrogen-bond donors (Lipinski definition) is 1. The molecule has 2 bridgehead atoms. The number of amides is 1. The van der Waals surface area contributed by atoms with Gasteiger partial charge >= 0.3 is 0 Å². The van der Waals surface area contributed by atoms with Crippen LogP contribution < -0.4 is 5.32 Å². The van der Waals surface area contributed by atoms with Crippen molar-refractivity contribution in [2.45, 2.75) is 31.1 Å². The zero-order valence-electron chi connectivity index (χ0n) is 13.2. The maximum atomic E-state index is 13.1. The Morgan fingerprint density at radius 1 is 1.38 bits per heavy atom. The van der Waals surface area contributed by atoms with E-state index in [0.717, 1.165) is 18.4 Å². The molecule has 6 heteroatoms. The number of allylic oxidation sites excluding steroid dienone is 1. The zero-order chi connectivity index (χ0) is 17.0. The first kappa shape index (κ1) is 15.1. The average molecular weight is 329 g/mol. The van der Waals surface area contributed by atoms with Crippen LogP contribution >= 0.6 is 0 Å². The molecule has 1 saturated carbocycles. The van der Waals surface area contributed by atoms with E-state index in [0.29, 0.717) is 11.6 Å². The van der Waals surface area contributed by atoms with Crippen molar-refractivity contribution in [2.75, 3.05) is 5.32 Å². The van der Waals surface area contributed by atoms with Gasteiger partial charge in [-0.05, 0) is 30.0 Å². The minimum Gasteiger partial charge on any atom is -0.322 e. The normalized spacial score (nSPS) is 21.4. The van der Waals surface area contributed by atoms with Gasteiger partial charge in [0.25, 0.3) is 12.3 Å². The van der Waals surface area contributed by atoms with E-state index in [1.807, 2.05) is 12.1 Å². The lowest BCUT2D eigenvalue weighted by molar-refractivity contribution is 0.101. The molecule has 1 N–H and O–H groups in total. The number of hydrogen-bond acceptors (Lipinski definition) is 2. The molecule has 124 valence electrons. The third-order valence-electron chi connectivity index (χ3n) is 5.06. The lowest BCUT2D eigenvalue weighted by Crippen LogP contribution is -2.16. The highest BCUT2D eigenvalue weighted by atomic mass is 19.3. The van der Waals surface area contributed by atoms with E-state index >= 15 is 0 Å². The smallest absolute Gasteiger partial charge is 0.282 e. The van der Waals surface area contributed by atoms with Crippen molar-refractivity contribution in [1.29, 1.82) is 0 Å². The number of nitrogens with zero attached hydrogens (tertiary/aromatic N) is 2. The molecule has 2 atom stereocenters. The molecule has 2 unspecified atom stereocenters. The zero-order valence-corrected chi connectivity index (χ0v) is 13.2. The summed E-state index contributed by atoms with van der Waals surface area (Å²) in [6.45, 7) is 4.19. The average Bonchev–Trinajstić information content (AvgIpc) is 3.19. The molecule has 2 aromatic rings. The first-order valence-corrected chi connectivity index (χ1v) is 7.92. The number of carbonyl (C=O) groups excluding carboxylic acids is 1. The summed E-state index contributed by atoms with van der Waals surface area (Å²) in [4.78, 5) is 12.5. The Morgan fingerprint density at radius 3 is 2.88 bits per heavy atom. The third kappa shape index (κ3) is 2.09. The first-order chi connectivity index (χ1) is 11.5. The Hall–Kier alpha value is -2.50. The van der Waals surface area contributed by atoms with Gasteiger partial charge in [0.15, 0.2) is 0 Å². The van der Waals surface area contributed by atoms with Crippen molar-refractivity contribution in [3.8, 4) is 0 Å². The lowest BCUT2D eigenvalue weighted by atomic mass is 9.90. The van der Waals surface area contributed by atoms with Crippen LogP contribution in [-0.2, 0) is 7.05 Å². The molecular formula is C18H17F2N3O. The summed E-state index contributed by atoms with van der Waals surface area (Å²) >= 11 is 0. The van der Waals surface area contributed by atoms with Gasteiger partial charge in [0.05, 0.1) is 5.56 Å². The van der Waals surface area contributed by atoms with Crippen molar-refractivity contribution in [3.05, 3.63) is 58.9 Å². The predicted octanol–water partition coefficient (Wildman–Crippen LogP) is 4.14. The largest absolute Gasteiger partial charge is 0.322 e. The fourth-order valence-electron chi connectivity index (χ4n) is 4.05. The highest BCUT2D eigenvalue weighted by Crippen LogP contribution is 2.58. The highest BCUT2D eigenvalue weighted by Gasteiger charge is 2.41. The Bertz CT molecular complexity index is 856. The van der Waals surface area contributed by atoms with Crippen LogP contribution in [0.4, 0.5) is 14.5 Å². The predicted molar refractivity (Wildman–Crippen MR) is 86.4 cm³/mol. The number of fused-ring (bicyclic) bond motifs is 5. The standard InChI is InChI=1S/C18H17F2N3O/c1-9-10-6-7-11(9)15-12(10)4-3-5-14(15)21-18(24)13-8-23(2)22-16(13)17(19)20/h3-5,8,10-11,17H,1,6-7H2,2H3,(H,21,24). The van der Waals surface area contributed by atoms with Gasteiger partial charge in [-0.3, -0.25) is 9.48 Å². The molecule has 24 heavy (non-hydrogen) atoms. The van der Waals surface area contributed by atoms with E-state index in [4.69, 9.17) is 0 Å². The van der Waals surface area contributed by atoms with Gasteiger partial charge in [-0.25, -0.2) is 8.78 Å². The minimum absolute atomic E-state index is 0.0907. The number of benzene rings is 1. The quantitative estimate of drug-likeness (QED) is 0.860. The van der Waals surface area contributed by atoms with Crippen LogP contribution in [0.15, 0.2) is 36.5 Å². The summed E-state index contributed by atoms with van der Waals surface area (Å²) in [6, 6.07) is 5.78. The third-order valence-corrected chi connectivity index (χ3v) is 5.06. The molecule has 0 radical (unpaired) electrons. The van der Waals surface area contributed by atoms with Crippen molar-refractivity contribution < 1.29 is 13.6 Å². The molecule has 1 aromatic carbocycles. The Labute approximate surface area is 138 Å². The van der Waals surface area contributed by atoms with E-state index in [9.17, 15) is 13.6 Å². The summed E-state index contributed by atoms with van der Waals surface area (Å²) < 4.78 is 27.4. The number of alkyl halides is 2. The maximum Gasteiger partial charge on any atom is 0.282 e. The fraction of sp³-hybridized carbons (Fsp3) is 0.333. The van der Waals surface area contributed by atoms with Gasteiger partial charge < -0.3 is 5.32 Å². The molecule has 2 aliphatic carbocycles. The number of aryl methyl sites for hydroxylation is 1. The molecule has 1 heterocycles. The molecule has 0 aliphatic heterocycles. The van der Waals surface area contributed by atoms with Crippen LogP contribution in [0, 0.1) is 0 Å². The molecule has 0 spiro atoms. The first-order valence-electron chi connectivity index (χ1n) is 7.92. The second kappa shape index (κ2) is 5.26. The van der Waals surface area contributed by atoms with Gasteiger partial charge in [0, 0.05) is 30.8 Å². The van der Waals surface area contributed by atoms with E-state index in [1.54, 1.807) is 0 Å². The molecule has 4 rings (SSSR count). The van der Waals surface area contributed by atoms with Crippen LogP contribution in [0.3, 0.4) is 0 Å². The summed E-state index contributed by atoms with van der Waals surface area (Å²) in [6.07, 6.45) is 0.652. The highest BCUT2D eigenvalue weighted by molar-refractivity contribution is 6.05. The van der Waals surface area contributed by atoms with E-state index < -0.39 is 18.0 Å². The second-order valence-corrected chi connectivity index (χ2v) is 6.42. The van der Waals surface area contributed by atoms with Gasteiger partial charge in [-0.15, -0.1) is 0 Å². The maximum absolute atomic E-state index is 13.1. The van der Waals surface area contributed by atoms with E-state index in [2.05, 4.69) is 23.1 Å². The Kier molecular flexibility index (Phi) is 3.30. The van der Waals surface area contributed by atoms with E-state index in [1.165, 1.54) is 29.1 Å². The summed E-state index contributed by atoms with van der Waals surface area (Å²) in [5.41, 5.74) is 3.60. The molecule has 1 amide bonds. The summed E-state index contributed by atoms with van der Waals surface area (Å²) in [7, 11) is 1.52. The van der Waals surface area contributed by atoms with Crippen molar-refractivity contribution in [2.24, 2.45) is 7.05 Å². The van der Waals surface area contributed by atoms with Crippen LogP contribution in [0.5, 0.6) is 0 Å². The SMILES string of the molecule is C=C1C2CCC1c1c(NC(=O)c3cn(C)nc3C(F)F)cccc12. The van der Waals surface area contributed by atoms with E-state index in [-0.39, 0.29) is 11.5 Å². The number of nitrogens with one attached hydrogen (secondary N) is 1. The molecular weight excluding hydrogens is 312 g/mol. The number of rotatable bonds is 3. The minimum atomic E-state index is -2.79. The Balaban J connectivity index is 1.69. The van der Waals surface area contributed by atoms with Crippen LogP contribution in [0.2, 0.25) is 0 Å². The van der Waals surface area contributed by atoms with Crippen molar-refractivity contribution >= 4 is 11.6 Å². The van der Waals surface area contributed by atoms with Crippen LogP contribution in [0.1, 0.15) is 58.3 Å². The lowest BCUT2D eigenvalue weighted by Gasteiger charge is -2.18. The topological polar surface area (TPSA) is 46.9 Å². The van der Waals surface area contributed by atoms with Gasteiger partial charge in [-0.1, -0.05) is 24.3 Å². The molecule has 1 aromatic heterocycles. The number of aromatic nitrogens is 2. The van der Waals surface area contributed by atoms with Gasteiger partial charge in [0.1, 0.15) is 5.69 Å². The molecule has 2 aliphatic rings. The van der Waals surface area contributed by atoms with Crippen molar-refractivity contribution in [3.63, 3.8) is 0 Å². The summed E-state index contributed by atoms with van der Waals surface area (Å²) in [5.74, 6) is 0.0574. The van der Waals surface area contributed by atoms with Crippen molar-refractivity contribution in [1.82, 2.24) is 9.78 Å². The van der Waals surface area contributed by atoms with Gasteiger partial charge in [0.2, 0.25) is 0 Å². The monoisotopic (exact) mass is 329 g/mol. The molecule has 0 saturated heterocycles. The molecule has 1 fully saturated rings. The molecule has 4 nitrogen and oxygen atoms in total. The Morgan fingerprint density at radius 2 is 2.12 bits per heavy atom. The number of carbonyl (C=O) groups is 1. The number of anilines is 1. The van der Waals surface area contributed by atoms with Crippen LogP contribution in [0.25, 0.3) is 0 Å². The fourth-order valence-corrected chi connectivity index (χ4v) is 4.05. The second-order valence-electron chi connectivity index (χ2n) is 6.42. The summed E-state index contributed by atoms with van der Waals surface area (Å²) in [5, 5.41) is 6.49. The number of halogens is 2. The van der Waals surface area contributed by atoms with Crippen LogP contribution in [-0.4, -0.2) is 15.7 Å².